The lowest BCUT2D eigenvalue weighted by atomic mass is 10.0. The van der Waals surface area contributed by atoms with Gasteiger partial charge in [-0.15, -0.1) is 0 Å². The van der Waals surface area contributed by atoms with Crippen LogP contribution in [0.1, 0.15) is 27.7 Å². The molecule has 7 heteroatoms. The summed E-state index contributed by atoms with van der Waals surface area (Å²) in [6.45, 7) is 5.37. The molecule has 0 radical (unpaired) electrons. The van der Waals surface area contributed by atoms with Crippen LogP contribution in [0.4, 0.5) is 0 Å². The normalized spacial score (nSPS) is 19.5. The predicted octanol–water partition coefficient (Wildman–Crippen LogP) is 3.29. The number of para-hydroxylation sites is 1. The number of carbonyl (C=O) groups is 1. The van der Waals surface area contributed by atoms with E-state index in [2.05, 4.69) is 17.0 Å². The molecule has 0 saturated carbocycles. The first-order chi connectivity index (χ1) is 16.2. The van der Waals surface area contributed by atoms with Gasteiger partial charge < -0.3 is 19.1 Å². The van der Waals surface area contributed by atoms with Gasteiger partial charge in [0.05, 0.1) is 43.7 Å². The number of hydrogen-bond donors (Lipinski definition) is 0. The number of carbonyl (C=O) groups excluding carboxylic acids is 1. The van der Waals surface area contributed by atoms with Crippen molar-refractivity contribution in [3.05, 3.63) is 71.4 Å². The fraction of sp³-hybridized carbons (Fsp3) is 0.385. The number of amides is 1. The average Bonchev–Trinajstić information content (AvgIpc) is 2.88. The Morgan fingerprint density at radius 3 is 2.76 bits per heavy atom. The van der Waals surface area contributed by atoms with Crippen LogP contribution in [0.25, 0.3) is 10.9 Å². The molecular weight excluding hydrogens is 418 g/mol. The Balaban J connectivity index is 1.41. The topological polar surface area (TPSA) is 64.1 Å². The molecule has 2 aromatic carbocycles. The molecule has 0 unspecified atom stereocenters. The highest BCUT2D eigenvalue weighted by Crippen LogP contribution is 2.28. The Morgan fingerprint density at radius 1 is 1.06 bits per heavy atom. The molecule has 2 aliphatic heterocycles. The van der Waals surface area contributed by atoms with E-state index in [0.717, 1.165) is 35.4 Å². The summed E-state index contributed by atoms with van der Waals surface area (Å²) in [4.78, 5) is 22.5. The second-order valence-corrected chi connectivity index (χ2v) is 8.46. The van der Waals surface area contributed by atoms with Crippen LogP contribution in [0.2, 0.25) is 0 Å². The molecular formula is C26H29N3O4. The second kappa shape index (κ2) is 9.87. The van der Waals surface area contributed by atoms with Gasteiger partial charge in [0.15, 0.2) is 0 Å². The van der Waals surface area contributed by atoms with Gasteiger partial charge in [-0.3, -0.25) is 9.69 Å². The predicted molar refractivity (Wildman–Crippen MR) is 125 cm³/mol. The van der Waals surface area contributed by atoms with Crippen LogP contribution in [0.15, 0.2) is 54.6 Å². The molecule has 0 bridgehead atoms. The maximum absolute atomic E-state index is 13.4. The van der Waals surface area contributed by atoms with E-state index in [9.17, 15) is 4.79 Å². The fourth-order valence-corrected chi connectivity index (χ4v) is 4.53. The molecule has 172 valence electrons. The number of hydrogen-bond acceptors (Lipinski definition) is 6. The monoisotopic (exact) mass is 447 g/mol. The minimum Gasteiger partial charge on any atom is -0.497 e. The Labute approximate surface area is 193 Å². The van der Waals surface area contributed by atoms with E-state index in [1.54, 1.807) is 7.11 Å². The zero-order valence-electron chi connectivity index (χ0n) is 18.9. The zero-order valence-corrected chi connectivity index (χ0v) is 18.9. The SMILES string of the molecule is COc1cccc(CN2CCO[C@@H](c3cc(C(=O)N4CCOCC4)c4ccccc4n3)C2)c1. The van der Waals surface area contributed by atoms with Crippen molar-refractivity contribution in [3.8, 4) is 5.75 Å². The quantitative estimate of drug-likeness (QED) is 0.598. The molecule has 7 nitrogen and oxygen atoms in total. The van der Waals surface area contributed by atoms with E-state index < -0.39 is 0 Å². The van der Waals surface area contributed by atoms with Gasteiger partial charge in [-0.25, -0.2) is 4.98 Å². The molecule has 2 fully saturated rings. The standard InChI is InChI=1S/C26H29N3O4/c1-31-20-6-4-5-19(15-20)17-28-9-14-33-25(18-28)24-16-22(21-7-2-3-8-23(21)27-24)26(30)29-10-12-32-13-11-29/h2-8,15-16,25H,9-14,17-18H2,1H3/t25-/m1/s1. The van der Waals surface area contributed by atoms with Crippen LogP contribution in [-0.2, 0) is 16.0 Å². The van der Waals surface area contributed by atoms with Crippen molar-refractivity contribution in [2.45, 2.75) is 12.6 Å². The van der Waals surface area contributed by atoms with Crippen LogP contribution in [-0.4, -0.2) is 73.8 Å². The van der Waals surface area contributed by atoms with E-state index in [-0.39, 0.29) is 12.0 Å². The van der Waals surface area contributed by atoms with Gasteiger partial charge in [0.25, 0.3) is 5.91 Å². The lowest BCUT2D eigenvalue weighted by molar-refractivity contribution is -0.0348. The minimum absolute atomic E-state index is 0.0298. The number of nitrogens with zero attached hydrogens (tertiary/aromatic N) is 3. The van der Waals surface area contributed by atoms with Crippen molar-refractivity contribution in [1.82, 2.24) is 14.8 Å². The largest absolute Gasteiger partial charge is 0.497 e. The van der Waals surface area contributed by atoms with E-state index in [1.807, 2.05) is 47.4 Å². The van der Waals surface area contributed by atoms with Crippen LogP contribution in [0.5, 0.6) is 5.75 Å². The molecule has 5 rings (SSSR count). The van der Waals surface area contributed by atoms with Crippen LogP contribution in [0, 0.1) is 0 Å². The Morgan fingerprint density at radius 2 is 1.91 bits per heavy atom. The Hall–Kier alpha value is -3.00. The molecule has 1 amide bonds. The molecule has 3 aromatic rings. The van der Waals surface area contributed by atoms with Gasteiger partial charge in [-0.2, -0.15) is 0 Å². The molecule has 2 saturated heterocycles. The van der Waals surface area contributed by atoms with Crippen LogP contribution >= 0.6 is 0 Å². The highest BCUT2D eigenvalue weighted by Gasteiger charge is 2.27. The van der Waals surface area contributed by atoms with Crippen molar-refractivity contribution in [2.75, 3.05) is 53.1 Å². The first kappa shape index (κ1) is 21.8. The smallest absolute Gasteiger partial charge is 0.254 e. The van der Waals surface area contributed by atoms with Gasteiger partial charge in [-0.05, 0) is 29.8 Å². The average molecular weight is 448 g/mol. The third-order valence-corrected chi connectivity index (χ3v) is 6.29. The second-order valence-electron chi connectivity index (χ2n) is 8.46. The van der Waals surface area contributed by atoms with Crippen LogP contribution in [0.3, 0.4) is 0 Å². The van der Waals surface area contributed by atoms with Gasteiger partial charge in [0.1, 0.15) is 11.9 Å². The maximum Gasteiger partial charge on any atom is 0.254 e. The van der Waals surface area contributed by atoms with Crippen molar-refractivity contribution >= 4 is 16.8 Å². The number of methoxy groups -OCH3 is 1. The van der Waals surface area contributed by atoms with Crippen LogP contribution < -0.4 is 4.74 Å². The fourth-order valence-electron chi connectivity index (χ4n) is 4.53. The third-order valence-electron chi connectivity index (χ3n) is 6.29. The van der Waals surface area contributed by atoms with Crippen molar-refractivity contribution in [2.24, 2.45) is 0 Å². The van der Waals surface area contributed by atoms with Crippen molar-refractivity contribution in [1.29, 1.82) is 0 Å². The number of fused-ring (bicyclic) bond motifs is 1. The van der Waals surface area contributed by atoms with Gasteiger partial charge >= 0.3 is 0 Å². The molecule has 1 atom stereocenters. The lowest BCUT2D eigenvalue weighted by Gasteiger charge is -2.33. The summed E-state index contributed by atoms with van der Waals surface area (Å²) in [6.07, 6.45) is -0.190. The summed E-state index contributed by atoms with van der Waals surface area (Å²) >= 11 is 0. The van der Waals surface area contributed by atoms with E-state index >= 15 is 0 Å². The van der Waals surface area contributed by atoms with Gasteiger partial charge in [0, 0.05) is 38.1 Å². The molecule has 0 spiro atoms. The maximum atomic E-state index is 13.4. The molecule has 33 heavy (non-hydrogen) atoms. The first-order valence-corrected chi connectivity index (χ1v) is 11.4. The van der Waals surface area contributed by atoms with E-state index in [1.165, 1.54) is 5.56 Å². The summed E-state index contributed by atoms with van der Waals surface area (Å²) in [5.74, 6) is 0.891. The molecule has 3 heterocycles. The first-order valence-electron chi connectivity index (χ1n) is 11.4. The van der Waals surface area contributed by atoms with E-state index in [0.29, 0.717) is 45.0 Å². The Kier molecular flexibility index (Phi) is 6.53. The summed E-state index contributed by atoms with van der Waals surface area (Å²) < 4.78 is 16.9. The summed E-state index contributed by atoms with van der Waals surface area (Å²) in [5, 5.41) is 0.877. The molecule has 0 N–H and O–H groups in total. The molecule has 1 aromatic heterocycles. The number of rotatable bonds is 5. The summed E-state index contributed by atoms with van der Waals surface area (Å²) in [6, 6.07) is 17.9. The highest BCUT2D eigenvalue weighted by molar-refractivity contribution is 6.06. The summed E-state index contributed by atoms with van der Waals surface area (Å²) in [5.41, 5.74) is 3.51. The number of benzene rings is 2. The number of pyridine rings is 1. The van der Waals surface area contributed by atoms with Crippen molar-refractivity contribution < 1.29 is 19.0 Å². The van der Waals surface area contributed by atoms with Gasteiger partial charge in [0.2, 0.25) is 0 Å². The Bertz CT molecular complexity index is 1130. The number of morpholine rings is 2. The minimum atomic E-state index is -0.190. The van der Waals surface area contributed by atoms with Gasteiger partial charge in [-0.1, -0.05) is 30.3 Å². The lowest BCUT2D eigenvalue weighted by Crippen LogP contribution is -2.41. The number of ether oxygens (including phenoxy) is 3. The third kappa shape index (κ3) is 4.85. The zero-order chi connectivity index (χ0) is 22.6. The van der Waals surface area contributed by atoms with E-state index in [4.69, 9.17) is 19.2 Å². The highest BCUT2D eigenvalue weighted by atomic mass is 16.5. The molecule has 0 aliphatic carbocycles. The molecule has 2 aliphatic rings. The number of aromatic nitrogens is 1. The summed E-state index contributed by atoms with van der Waals surface area (Å²) in [7, 11) is 1.69. The van der Waals surface area contributed by atoms with Crippen molar-refractivity contribution in [3.63, 3.8) is 0 Å².